The van der Waals surface area contributed by atoms with Gasteiger partial charge in [0.1, 0.15) is 4.90 Å². The first kappa shape index (κ1) is 15.5. The molecule has 0 spiro atoms. The van der Waals surface area contributed by atoms with Gasteiger partial charge < -0.3 is 5.73 Å². The first-order valence-corrected chi connectivity index (χ1v) is 8.16. The van der Waals surface area contributed by atoms with Crippen LogP contribution in [0.1, 0.15) is 18.2 Å². The molecule has 0 atom stereocenters. The molecule has 112 valence electrons. The van der Waals surface area contributed by atoms with Crippen LogP contribution in [0.2, 0.25) is 0 Å². The summed E-state index contributed by atoms with van der Waals surface area (Å²) in [4.78, 5) is 4.18. The van der Waals surface area contributed by atoms with E-state index in [1.807, 2.05) is 12.1 Å². The Hall–Kier alpha value is -1.92. The van der Waals surface area contributed by atoms with Gasteiger partial charge in [-0.15, -0.1) is 0 Å². The number of nitrogens with zero attached hydrogens (tertiary/aromatic N) is 2. The van der Waals surface area contributed by atoms with Crippen LogP contribution in [-0.4, -0.2) is 20.4 Å². The number of pyridine rings is 1. The second kappa shape index (κ2) is 6.24. The SMILES string of the molecule is CCc1ccc(N(C)S(=O)(=O)c2cccnc2CN)cc1. The van der Waals surface area contributed by atoms with Gasteiger partial charge in [-0.3, -0.25) is 9.29 Å². The number of benzene rings is 1. The number of hydrogen-bond acceptors (Lipinski definition) is 4. The fraction of sp³-hybridized carbons (Fsp3) is 0.267. The molecule has 2 aromatic rings. The predicted molar refractivity (Wildman–Crippen MR) is 83.5 cm³/mol. The molecule has 1 aromatic heterocycles. The van der Waals surface area contributed by atoms with Crippen molar-refractivity contribution in [3.63, 3.8) is 0 Å². The minimum atomic E-state index is -3.66. The number of hydrogen-bond donors (Lipinski definition) is 1. The number of aromatic nitrogens is 1. The van der Waals surface area contributed by atoms with Gasteiger partial charge in [-0.2, -0.15) is 0 Å². The fourth-order valence-corrected chi connectivity index (χ4v) is 3.42. The highest BCUT2D eigenvalue weighted by Crippen LogP contribution is 2.23. The highest BCUT2D eigenvalue weighted by Gasteiger charge is 2.24. The van der Waals surface area contributed by atoms with Gasteiger partial charge in [-0.05, 0) is 36.2 Å². The van der Waals surface area contributed by atoms with Gasteiger partial charge in [0.05, 0.1) is 11.4 Å². The smallest absolute Gasteiger partial charge is 0.265 e. The lowest BCUT2D eigenvalue weighted by Gasteiger charge is -2.20. The van der Waals surface area contributed by atoms with Crippen molar-refractivity contribution in [1.82, 2.24) is 4.98 Å². The Balaban J connectivity index is 2.42. The van der Waals surface area contributed by atoms with E-state index in [9.17, 15) is 8.42 Å². The Morgan fingerprint density at radius 2 is 1.86 bits per heavy atom. The average Bonchev–Trinajstić information content (AvgIpc) is 2.54. The van der Waals surface area contributed by atoms with Gasteiger partial charge >= 0.3 is 0 Å². The molecule has 0 aliphatic rings. The molecule has 5 nitrogen and oxygen atoms in total. The molecular weight excluding hydrogens is 286 g/mol. The molecule has 2 N–H and O–H groups in total. The van der Waals surface area contributed by atoms with Crippen LogP contribution >= 0.6 is 0 Å². The van der Waals surface area contributed by atoms with E-state index in [-0.39, 0.29) is 11.4 Å². The molecule has 1 aromatic carbocycles. The Kier molecular flexibility index (Phi) is 4.59. The lowest BCUT2D eigenvalue weighted by atomic mass is 10.1. The molecule has 0 aliphatic carbocycles. The van der Waals surface area contributed by atoms with Crippen molar-refractivity contribution in [2.45, 2.75) is 24.8 Å². The normalized spacial score (nSPS) is 11.4. The second-order valence-corrected chi connectivity index (χ2v) is 6.58. The summed E-state index contributed by atoms with van der Waals surface area (Å²) in [5.74, 6) is 0. The van der Waals surface area contributed by atoms with Crippen LogP contribution in [0.5, 0.6) is 0 Å². The topological polar surface area (TPSA) is 76.3 Å². The Bertz CT molecular complexity index is 712. The summed E-state index contributed by atoms with van der Waals surface area (Å²) in [6.45, 7) is 2.14. The van der Waals surface area contributed by atoms with E-state index < -0.39 is 10.0 Å². The summed E-state index contributed by atoms with van der Waals surface area (Å²) in [7, 11) is -2.13. The Labute approximate surface area is 125 Å². The van der Waals surface area contributed by atoms with Gasteiger partial charge in [-0.25, -0.2) is 8.42 Å². The lowest BCUT2D eigenvalue weighted by molar-refractivity contribution is 0.592. The van der Waals surface area contributed by atoms with Crippen LogP contribution in [0.25, 0.3) is 0 Å². The van der Waals surface area contributed by atoms with Crippen molar-refractivity contribution in [3.8, 4) is 0 Å². The van der Waals surface area contributed by atoms with E-state index in [1.54, 1.807) is 18.2 Å². The molecule has 0 saturated heterocycles. The zero-order valence-corrected chi connectivity index (χ0v) is 13.0. The molecular formula is C15H19N3O2S. The van der Waals surface area contributed by atoms with E-state index in [0.717, 1.165) is 12.0 Å². The average molecular weight is 305 g/mol. The standard InChI is InChI=1S/C15H19N3O2S/c1-3-12-6-8-13(9-7-12)18(2)21(19,20)15-5-4-10-17-14(15)11-16/h4-10H,3,11,16H2,1-2H3. The predicted octanol–water partition coefficient (Wildman–Crippen LogP) is 1.93. The number of nitrogens with two attached hydrogens (primary N) is 1. The minimum absolute atomic E-state index is 0.0814. The highest BCUT2D eigenvalue weighted by atomic mass is 32.2. The maximum atomic E-state index is 12.7. The molecule has 0 bridgehead atoms. The maximum absolute atomic E-state index is 12.7. The van der Waals surface area contributed by atoms with Crippen LogP contribution in [0.4, 0.5) is 5.69 Å². The summed E-state index contributed by atoms with van der Waals surface area (Å²) in [5.41, 5.74) is 7.72. The molecule has 0 unspecified atom stereocenters. The van der Waals surface area contributed by atoms with Crippen molar-refractivity contribution in [2.75, 3.05) is 11.4 Å². The number of aryl methyl sites for hydroxylation is 1. The third-order valence-corrected chi connectivity index (χ3v) is 5.25. The molecule has 0 saturated carbocycles. The van der Waals surface area contributed by atoms with E-state index >= 15 is 0 Å². The Morgan fingerprint density at radius 1 is 1.19 bits per heavy atom. The molecule has 21 heavy (non-hydrogen) atoms. The van der Waals surface area contributed by atoms with Gasteiger partial charge in [0.15, 0.2) is 0 Å². The van der Waals surface area contributed by atoms with Crippen molar-refractivity contribution >= 4 is 15.7 Å². The molecule has 0 aliphatic heterocycles. The number of rotatable bonds is 5. The Morgan fingerprint density at radius 3 is 2.43 bits per heavy atom. The van der Waals surface area contributed by atoms with Crippen molar-refractivity contribution < 1.29 is 8.42 Å². The molecule has 0 amide bonds. The van der Waals surface area contributed by atoms with Crippen LogP contribution in [-0.2, 0) is 23.0 Å². The van der Waals surface area contributed by atoms with Crippen LogP contribution in [0, 0.1) is 0 Å². The summed E-state index contributed by atoms with van der Waals surface area (Å²) in [6.07, 6.45) is 2.45. The molecule has 6 heteroatoms. The van der Waals surface area contributed by atoms with Crippen LogP contribution in [0.15, 0.2) is 47.5 Å². The summed E-state index contributed by atoms with van der Waals surface area (Å²) in [5, 5.41) is 0. The highest BCUT2D eigenvalue weighted by molar-refractivity contribution is 7.92. The first-order valence-electron chi connectivity index (χ1n) is 6.72. The van der Waals surface area contributed by atoms with Gasteiger partial charge in [0.2, 0.25) is 0 Å². The zero-order valence-electron chi connectivity index (χ0n) is 12.2. The molecule has 1 heterocycles. The zero-order chi connectivity index (χ0) is 15.5. The first-order chi connectivity index (χ1) is 10.0. The van der Waals surface area contributed by atoms with Crippen molar-refractivity contribution in [2.24, 2.45) is 5.73 Å². The van der Waals surface area contributed by atoms with E-state index in [2.05, 4.69) is 11.9 Å². The van der Waals surface area contributed by atoms with Crippen molar-refractivity contribution in [1.29, 1.82) is 0 Å². The quantitative estimate of drug-likeness (QED) is 0.915. The third kappa shape index (κ3) is 3.06. The van der Waals surface area contributed by atoms with E-state index in [0.29, 0.717) is 11.4 Å². The maximum Gasteiger partial charge on any atom is 0.265 e. The lowest BCUT2D eigenvalue weighted by Crippen LogP contribution is -2.28. The van der Waals surface area contributed by atoms with Crippen LogP contribution < -0.4 is 10.0 Å². The summed E-state index contributed by atoms with van der Waals surface area (Å²) >= 11 is 0. The molecule has 0 fully saturated rings. The van der Waals surface area contributed by atoms with Crippen molar-refractivity contribution in [3.05, 3.63) is 53.9 Å². The number of sulfonamides is 1. The van der Waals surface area contributed by atoms with Crippen LogP contribution in [0.3, 0.4) is 0 Å². The number of anilines is 1. The molecule has 2 rings (SSSR count). The largest absolute Gasteiger partial charge is 0.325 e. The fourth-order valence-electron chi connectivity index (χ4n) is 2.04. The van der Waals surface area contributed by atoms with E-state index in [4.69, 9.17) is 5.73 Å². The monoisotopic (exact) mass is 305 g/mol. The third-order valence-electron chi connectivity index (χ3n) is 3.39. The van der Waals surface area contributed by atoms with E-state index in [1.165, 1.54) is 23.6 Å². The minimum Gasteiger partial charge on any atom is -0.325 e. The molecule has 0 radical (unpaired) electrons. The van der Waals surface area contributed by atoms with Gasteiger partial charge in [-0.1, -0.05) is 19.1 Å². The second-order valence-electron chi connectivity index (χ2n) is 4.64. The van der Waals surface area contributed by atoms with Gasteiger partial charge in [0.25, 0.3) is 10.0 Å². The van der Waals surface area contributed by atoms with Gasteiger partial charge in [0, 0.05) is 19.8 Å². The summed E-state index contributed by atoms with van der Waals surface area (Å²) in [6, 6.07) is 10.6. The summed E-state index contributed by atoms with van der Waals surface area (Å²) < 4.78 is 26.6.